The van der Waals surface area contributed by atoms with E-state index in [9.17, 15) is 4.79 Å². The minimum atomic E-state index is -0.0980. The van der Waals surface area contributed by atoms with Crippen molar-refractivity contribution in [1.29, 1.82) is 0 Å². The van der Waals surface area contributed by atoms with E-state index in [1.54, 1.807) is 12.1 Å². The summed E-state index contributed by atoms with van der Waals surface area (Å²) >= 11 is 7.08. The molecular formula is C19H16ClN3O2S. The number of halogens is 1. The van der Waals surface area contributed by atoms with Gasteiger partial charge in [-0.2, -0.15) is 0 Å². The van der Waals surface area contributed by atoms with Crippen LogP contribution in [0.4, 0.5) is 5.69 Å². The van der Waals surface area contributed by atoms with Crippen molar-refractivity contribution < 1.29 is 9.21 Å². The highest BCUT2D eigenvalue weighted by Crippen LogP contribution is 2.26. The average Bonchev–Trinajstić information content (AvgIpc) is 3.29. The number of nitrogens with one attached hydrogen (secondary N) is 1. The van der Waals surface area contributed by atoms with Gasteiger partial charge < -0.3 is 9.73 Å². The van der Waals surface area contributed by atoms with Crippen LogP contribution in [0.25, 0.3) is 11.5 Å². The molecule has 1 amide bonds. The summed E-state index contributed by atoms with van der Waals surface area (Å²) in [5.41, 5.74) is 4.35. The SMILES string of the molecule is O=C(CSc1nnc(-c2ccc(Cl)cc2)o1)Nc1ccc2c(c1)CCC2. The lowest BCUT2D eigenvalue weighted by Crippen LogP contribution is -2.14. The normalized spacial score (nSPS) is 12.8. The monoisotopic (exact) mass is 385 g/mol. The molecule has 1 aromatic heterocycles. The summed E-state index contributed by atoms with van der Waals surface area (Å²) in [7, 11) is 0. The number of hydrogen-bond acceptors (Lipinski definition) is 5. The summed E-state index contributed by atoms with van der Waals surface area (Å²) in [6.45, 7) is 0. The first kappa shape index (κ1) is 17.1. The van der Waals surface area contributed by atoms with Gasteiger partial charge in [-0.1, -0.05) is 29.4 Å². The van der Waals surface area contributed by atoms with E-state index in [4.69, 9.17) is 16.0 Å². The Labute approximate surface area is 160 Å². The maximum absolute atomic E-state index is 12.2. The van der Waals surface area contributed by atoms with Crippen molar-refractivity contribution in [3.63, 3.8) is 0 Å². The number of thioether (sulfide) groups is 1. The Kier molecular flexibility index (Phi) is 4.95. The quantitative estimate of drug-likeness (QED) is 0.649. The number of carbonyl (C=O) groups excluding carboxylic acids is 1. The molecule has 0 atom stereocenters. The molecule has 3 aromatic rings. The molecule has 4 rings (SSSR count). The average molecular weight is 386 g/mol. The van der Waals surface area contributed by atoms with E-state index < -0.39 is 0 Å². The maximum Gasteiger partial charge on any atom is 0.277 e. The van der Waals surface area contributed by atoms with Crippen LogP contribution in [0, 0.1) is 0 Å². The van der Waals surface area contributed by atoms with Gasteiger partial charge in [-0.15, -0.1) is 10.2 Å². The number of aromatic nitrogens is 2. The molecule has 0 bridgehead atoms. The van der Waals surface area contributed by atoms with Crippen LogP contribution < -0.4 is 5.32 Å². The Morgan fingerprint density at radius 3 is 2.77 bits per heavy atom. The van der Waals surface area contributed by atoms with Crippen LogP contribution in [-0.2, 0) is 17.6 Å². The lowest BCUT2D eigenvalue weighted by molar-refractivity contribution is -0.113. The Morgan fingerprint density at radius 2 is 1.92 bits per heavy atom. The van der Waals surface area contributed by atoms with E-state index >= 15 is 0 Å². The third-order valence-corrected chi connectivity index (χ3v) is 5.28. The van der Waals surface area contributed by atoms with Crippen LogP contribution in [0.1, 0.15) is 17.5 Å². The fourth-order valence-electron chi connectivity index (χ4n) is 2.95. The second kappa shape index (κ2) is 7.51. The van der Waals surface area contributed by atoms with E-state index in [1.807, 2.05) is 18.2 Å². The molecule has 0 fully saturated rings. The van der Waals surface area contributed by atoms with Gasteiger partial charge in [0, 0.05) is 16.3 Å². The Bertz CT molecular complexity index is 940. The predicted molar refractivity (Wildman–Crippen MR) is 103 cm³/mol. The van der Waals surface area contributed by atoms with Crippen molar-refractivity contribution in [3.05, 3.63) is 58.6 Å². The molecular weight excluding hydrogens is 370 g/mol. The Morgan fingerprint density at radius 1 is 1.12 bits per heavy atom. The lowest BCUT2D eigenvalue weighted by Gasteiger charge is -2.06. The minimum Gasteiger partial charge on any atom is -0.411 e. The molecule has 0 saturated carbocycles. The molecule has 1 N–H and O–H groups in total. The number of aryl methyl sites for hydroxylation is 2. The maximum atomic E-state index is 12.2. The molecule has 0 radical (unpaired) electrons. The zero-order valence-corrected chi connectivity index (χ0v) is 15.4. The van der Waals surface area contributed by atoms with Gasteiger partial charge in [-0.25, -0.2) is 0 Å². The van der Waals surface area contributed by atoms with Gasteiger partial charge in [-0.3, -0.25) is 4.79 Å². The summed E-state index contributed by atoms with van der Waals surface area (Å²) < 4.78 is 5.59. The fraction of sp³-hybridized carbons (Fsp3) is 0.211. The second-order valence-corrected chi connectivity index (χ2v) is 7.42. The smallest absolute Gasteiger partial charge is 0.277 e. The van der Waals surface area contributed by atoms with Gasteiger partial charge in [0.15, 0.2) is 0 Å². The van der Waals surface area contributed by atoms with Gasteiger partial charge in [0.1, 0.15) is 0 Å². The number of amides is 1. The molecule has 26 heavy (non-hydrogen) atoms. The van der Waals surface area contributed by atoms with Crippen molar-refractivity contribution in [3.8, 4) is 11.5 Å². The molecule has 1 heterocycles. The topological polar surface area (TPSA) is 68.0 Å². The number of anilines is 1. The molecule has 1 aliphatic carbocycles. The van der Waals surface area contributed by atoms with Crippen molar-refractivity contribution in [2.45, 2.75) is 24.5 Å². The van der Waals surface area contributed by atoms with Gasteiger partial charge in [-0.05, 0) is 66.8 Å². The van der Waals surface area contributed by atoms with Gasteiger partial charge >= 0.3 is 0 Å². The van der Waals surface area contributed by atoms with E-state index in [0.717, 1.165) is 24.1 Å². The highest BCUT2D eigenvalue weighted by atomic mass is 35.5. The molecule has 2 aromatic carbocycles. The zero-order valence-electron chi connectivity index (χ0n) is 13.9. The summed E-state index contributed by atoms with van der Waals surface area (Å²) in [5, 5.41) is 11.9. The molecule has 132 valence electrons. The number of benzene rings is 2. The van der Waals surface area contributed by atoms with Crippen LogP contribution in [0.3, 0.4) is 0 Å². The summed E-state index contributed by atoms with van der Waals surface area (Å²) in [6.07, 6.45) is 3.41. The standard InChI is InChI=1S/C19H16ClN3O2S/c20-15-7-4-13(5-8-15)18-22-23-19(25-18)26-11-17(24)21-16-9-6-12-2-1-3-14(12)10-16/h4-10H,1-3,11H2,(H,21,24). The molecule has 7 heteroatoms. The van der Waals surface area contributed by atoms with Gasteiger partial charge in [0.2, 0.25) is 11.8 Å². The number of carbonyl (C=O) groups is 1. The number of rotatable bonds is 5. The number of hydrogen-bond donors (Lipinski definition) is 1. The van der Waals surface area contributed by atoms with Crippen LogP contribution in [0.5, 0.6) is 0 Å². The van der Waals surface area contributed by atoms with Crippen molar-refractivity contribution >= 4 is 35.0 Å². The number of nitrogens with zero attached hydrogens (tertiary/aromatic N) is 2. The molecule has 0 spiro atoms. The van der Waals surface area contributed by atoms with Gasteiger partial charge in [0.25, 0.3) is 5.22 Å². The minimum absolute atomic E-state index is 0.0980. The Hall–Kier alpha value is -2.31. The zero-order chi connectivity index (χ0) is 17.9. The number of fused-ring (bicyclic) bond motifs is 1. The first-order chi connectivity index (χ1) is 12.7. The molecule has 5 nitrogen and oxygen atoms in total. The second-order valence-electron chi connectivity index (χ2n) is 6.05. The van der Waals surface area contributed by atoms with Crippen molar-refractivity contribution in [2.24, 2.45) is 0 Å². The van der Waals surface area contributed by atoms with E-state index in [0.29, 0.717) is 16.1 Å². The predicted octanol–water partition coefficient (Wildman–Crippen LogP) is 4.61. The third-order valence-electron chi connectivity index (χ3n) is 4.21. The van der Waals surface area contributed by atoms with Crippen LogP contribution >= 0.6 is 23.4 Å². The van der Waals surface area contributed by atoms with Crippen molar-refractivity contribution in [2.75, 3.05) is 11.1 Å². The summed E-state index contributed by atoms with van der Waals surface area (Å²) in [4.78, 5) is 12.2. The first-order valence-corrected chi connectivity index (χ1v) is 9.67. The van der Waals surface area contributed by atoms with Gasteiger partial charge in [0.05, 0.1) is 5.75 Å². The fourth-order valence-corrected chi connectivity index (χ4v) is 3.64. The van der Waals surface area contributed by atoms with Crippen LogP contribution in [0.15, 0.2) is 52.1 Å². The largest absolute Gasteiger partial charge is 0.411 e. The third kappa shape index (κ3) is 3.92. The molecule has 0 unspecified atom stereocenters. The molecule has 1 aliphatic rings. The van der Waals surface area contributed by atoms with Crippen molar-refractivity contribution in [1.82, 2.24) is 10.2 Å². The summed E-state index contributed by atoms with van der Waals surface area (Å²) in [6, 6.07) is 13.3. The molecule has 0 saturated heterocycles. The highest BCUT2D eigenvalue weighted by Gasteiger charge is 2.14. The van der Waals surface area contributed by atoms with E-state index in [-0.39, 0.29) is 11.7 Å². The van der Waals surface area contributed by atoms with Crippen LogP contribution in [-0.4, -0.2) is 21.9 Å². The molecule has 0 aliphatic heterocycles. The van der Waals surface area contributed by atoms with E-state index in [1.165, 1.54) is 29.3 Å². The van der Waals surface area contributed by atoms with E-state index in [2.05, 4.69) is 27.6 Å². The van der Waals surface area contributed by atoms with Crippen LogP contribution in [0.2, 0.25) is 5.02 Å². The first-order valence-electron chi connectivity index (χ1n) is 8.31. The highest BCUT2D eigenvalue weighted by molar-refractivity contribution is 7.99. The lowest BCUT2D eigenvalue weighted by atomic mass is 10.1. The Balaban J connectivity index is 1.34. The summed E-state index contributed by atoms with van der Waals surface area (Å²) in [5.74, 6) is 0.515.